The average molecular weight is 217 g/mol. The fourth-order valence-corrected chi connectivity index (χ4v) is 2.59. The van der Waals surface area contributed by atoms with Gasteiger partial charge in [0.15, 0.2) is 0 Å². The Morgan fingerprint density at radius 3 is 2.50 bits per heavy atom. The number of nitrogens with zero attached hydrogens (tertiary/aromatic N) is 1. The van der Waals surface area contributed by atoms with Crippen LogP contribution in [0.1, 0.15) is 31.2 Å². The molecule has 1 aromatic rings. The third kappa shape index (κ3) is 3.64. The second-order valence-electron chi connectivity index (χ2n) is 5.12. The van der Waals surface area contributed by atoms with Gasteiger partial charge in [0.2, 0.25) is 0 Å². The van der Waals surface area contributed by atoms with E-state index in [-0.39, 0.29) is 0 Å². The zero-order valence-corrected chi connectivity index (χ0v) is 10.4. The first kappa shape index (κ1) is 11.7. The Kier molecular flexibility index (Phi) is 4.41. The zero-order chi connectivity index (χ0) is 11.2. The van der Waals surface area contributed by atoms with E-state index in [1.807, 2.05) is 0 Å². The van der Waals surface area contributed by atoms with E-state index >= 15 is 0 Å². The molecule has 16 heavy (non-hydrogen) atoms. The summed E-state index contributed by atoms with van der Waals surface area (Å²) in [6.07, 6.45) is 6.85. The standard InChI is InChI=1S/C15H23N/c1-16-12-10-15(11-13-16)9-5-8-14-6-3-2-4-7-14/h2-4,6-7,15H,5,8-13H2,1H3. The van der Waals surface area contributed by atoms with E-state index in [1.165, 1.54) is 50.8 Å². The van der Waals surface area contributed by atoms with Crippen LogP contribution in [0, 0.1) is 5.92 Å². The van der Waals surface area contributed by atoms with Gasteiger partial charge in [-0.2, -0.15) is 0 Å². The number of hydrogen-bond acceptors (Lipinski definition) is 1. The maximum atomic E-state index is 2.45. The summed E-state index contributed by atoms with van der Waals surface area (Å²) in [6.45, 7) is 2.60. The van der Waals surface area contributed by atoms with Crippen LogP contribution in [-0.2, 0) is 6.42 Å². The maximum absolute atomic E-state index is 2.45. The van der Waals surface area contributed by atoms with Crippen LogP contribution in [0.15, 0.2) is 30.3 Å². The molecular formula is C15H23N. The van der Waals surface area contributed by atoms with Gasteiger partial charge in [0.05, 0.1) is 0 Å². The van der Waals surface area contributed by atoms with Gasteiger partial charge in [0, 0.05) is 0 Å². The Morgan fingerprint density at radius 1 is 1.12 bits per heavy atom. The summed E-state index contributed by atoms with van der Waals surface area (Å²) in [6, 6.07) is 10.9. The number of aryl methyl sites for hydroxylation is 1. The quantitative estimate of drug-likeness (QED) is 0.747. The van der Waals surface area contributed by atoms with E-state index in [4.69, 9.17) is 0 Å². The van der Waals surface area contributed by atoms with Gasteiger partial charge >= 0.3 is 0 Å². The van der Waals surface area contributed by atoms with Gasteiger partial charge in [0.25, 0.3) is 0 Å². The van der Waals surface area contributed by atoms with Crippen molar-refractivity contribution in [2.24, 2.45) is 5.92 Å². The van der Waals surface area contributed by atoms with Crippen LogP contribution < -0.4 is 0 Å². The Morgan fingerprint density at radius 2 is 1.81 bits per heavy atom. The van der Waals surface area contributed by atoms with Gasteiger partial charge in [-0.25, -0.2) is 0 Å². The number of benzene rings is 1. The summed E-state index contributed by atoms with van der Waals surface area (Å²) in [5.41, 5.74) is 1.50. The molecule has 1 aromatic carbocycles. The van der Waals surface area contributed by atoms with Gasteiger partial charge in [0.1, 0.15) is 0 Å². The van der Waals surface area contributed by atoms with E-state index in [1.54, 1.807) is 0 Å². The Bertz CT molecular complexity index is 286. The van der Waals surface area contributed by atoms with Crippen molar-refractivity contribution >= 4 is 0 Å². The van der Waals surface area contributed by atoms with Gasteiger partial charge < -0.3 is 4.90 Å². The normalized spacial score (nSPS) is 18.8. The third-order valence-electron chi connectivity index (χ3n) is 3.76. The minimum Gasteiger partial charge on any atom is -0.306 e. The molecule has 1 heteroatoms. The maximum Gasteiger partial charge on any atom is -0.00191 e. The molecule has 0 atom stereocenters. The molecule has 1 heterocycles. The topological polar surface area (TPSA) is 3.24 Å². The van der Waals surface area contributed by atoms with Crippen molar-refractivity contribution in [2.75, 3.05) is 20.1 Å². The molecule has 0 amide bonds. The summed E-state index contributed by atoms with van der Waals surface area (Å²) in [5, 5.41) is 0. The van der Waals surface area contributed by atoms with Gasteiger partial charge in [-0.3, -0.25) is 0 Å². The molecule has 0 saturated carbocycles. The summed E-state index contributed by atoms with van der Waals surface area (Å²) in [7, 11) is 2.24. The van der Waals surface area contributed by atoms with Crippen molar-refractivity contribution < 1.29 is 0 Å². The lowest BCUT2D eigenvalue weighted by atomic mass is 9.91. The van der Waals surface area contributed by atoms with Gasteiger partial charge in [-0.1, -0.05) is 36.8 Å². The fraction of sp³-hybridized carbons (Fsp3) is 0.600. The lowest BCUT2D eigenvalue weighted by Crippen LogP contribution is -2.30. The molecule has 1 fully saturated rings. The first-order valence-electron chi connectivity index (χ1n) is 6.57. The van der Waals surface area contributed by atoms with Crippen LogP contribution in [0.2, 0.25) is 0 Å². The largest absolute Gasteiger partial charge is 0.306 e. The number of hydrogen-bond donors (Lipinski definition) is 0. The van der Waals surface area contributed by atoms with Crippen LogP contribution >= 0.6 is 0 Å². The van der Waals surface area contributed by atoms with Crippen LogP contribution in [-0.4, -0.2) is 25.0 Å². The van der Waals surface area contributed by atoms with E-state index in [2.05, 4.69) is 42.3 Å². The van der Waals surface area contributed by atoms with Gasteiger partial charge in [-0.05, 0) is 57.3 Å². The molecule has 0 unspecified atom stereocenters. The van der Waals surface area contributed by atoms with Crippen molar-refractivity contribution in [1.29, 1.82) is 0 Å². The SMILES string of the molecule is CN1CCC(CCCc2ccccc2)CC1. The second-order valence-corrected chi connectivity index (χ2v) is 5.12. The van der Waals surface area contributed by atoms with Crippen LogP contribution in [0.4, 0.5) is 0 Å². The monoisotopic (exact) mass is 217 g/mol. The zero-order valence-electron chi connectivity index (χ0n) is 10.4. The first-order chi connectivity index (χ1) is 7.84. The minimum absolute atomic E-state index is 0.986. The number of likely N-dealkylation sites (tertiary alicyclic amines) is 1. The molecule has 2 rings (SSSR count). The van der Waals surface area contributed by atoms with E-state index in [0.29, 0.717) is 0 Å². The summed E-state index contributed by atoms with van der Waals surface area (Å²) >= 11 is 0. The molecule has 88 valence electrons. The molecule has 1 aliphatic heterocycles. The lowest BCUT2D eigenvalue weighted by molar-refractivity contribution is 0.210. The molecule has 1 aliphatic rings. The van der Waals surface area contributed by atoms with Crippen molar-refractivity contribution in [3.05, 3.63) is 35.9 Å². The van der Waals surface area contributed by atoms with E-state index < -0.39 is 0 Å². The Balaban J connectivity index is 1.65. The van der Waals surface area contributed by atoms with E-state index in [0.717, 1.165) is 5.92 Å². The lowest BCUT2D eigenvalue weighted by Gasteiger charge is -2.28. The first-order valence-corrected chi connectivity index (χ1v) is 6.57. The predicted molar refractivity (Wildman–Crippen MR) is 69.6 cm³/mol. The van der Waals surface area contributed by atoms with Gasteiger partial charge in [-0.15, -0.1) is 0 Å². The molecule has 0 spiro atoms. The highest BCUT2D eigenvalue weighted by atomic mass is 15.1. The summed E-state index contributed by atoms with van der Waals surface area (Å²) < 4.78 is 0. The fourth-order valence-electron chi connectivity index (χ4n) is 2.59. The minimum atomic E-state index is 0.986. The van der Waals surface area contributed by atoms with Crippen LogP contribution in [0.5, 0.6) is 0 Å². The molecule has 0 aromatic heterocycles. The molecule has 0 bridgehead atoms. The van der Waals surface area contributed by atoms with Crippen molar-refractivity contribution in [2.45, 2.75) is 32.1 Å². The van der Waals surface area contributed by atoms with Crippen molar-refractivity contribution in [3.63, 3.8) is 0 Å². The highest BCUT2D eigenvalue weighted by Crippen LogP contribution is 2.21. The molecule has 1 saturated heterocycles. The molecular weight excluding hydrogens is 194 g/mol. The van der Waals surface area contributed by atoms with Crippen molar-refractivity contribution in [1.82, 2.24) is 4.90 Å². The second kappa shape index (κ2) is 6.05. The summed E-state index contributed by atoms with van der Waals surface area (Å²) in [5.74, 6) is 0.986. The Hall–Kier alpha value is -0.820. The molecule has 0 aliphatic carbocycles. The molecule has 1 nitrogen and oxygen atoms in total. The highest BCUT2D eigenvalue weighted by Gasteiger charge is 2.15. The smallest absolute Gasteiger partial charge is 0.00191 e. The third-order valence-corrected chi connectivity index (χ3v) is 3.76. The molecule has 0 N–H and O–H groups in total. The Labute approximate surface area is 99.5 Å². The van der Waals surface area contributed by atoms with Crippen molar-refractivity contribution in [3.8, 4) is 0 Å². The summed E-state index contributed by atoms with van der Waals surface area (Å²) in [4.78, 5) is 2.45. The van der Waals surface area contributed by atoms with Crippen LogP contribution in [0.3, 0.4) is 0 Å². The number of piperidine rings is 1. The average Bonchev–Trinajstić information content (AvgIpc) is 2.33. The molecule has 0 radical (unpaired) electrons. The number of rotatable bonds is 4. The predicted octanol–water partition coefficient (Wildman–Crippen LogP) is 3.35. The van der Waals surface area contributed by atoms with Crippen LogP contribution in [0.25, 0.3) is 0 Å². The van der Waals surface area contributed by atoms with E-state index in [9.17, 15) is 0 Å². The highest BCUT2D eigenvalue weighted by molar-refractivity contribution is 5.14.